The van der Waals surface area contributed by atoms with Gasteiger partial charge in [-0.2, -0.15) is 9.59 Å². The van der Waals surface area contributed by atoms with Gasteiger partial charge in [0, 0.05) is 40.5 Å². The summed E-state index contributed by atoms with van der Waals surface area (Å²) in [5.74, 6) is 0.848. The first-order valence-corrected chi connectivity index (χ1v) is 11.7. The van der Waals surface area contributed by atoms with Gasteiger partial charge in [-0.15, -0.1) is 0 Å². The van der Waals surface area contributed by atoms with Crippen LogP contribution in [0.3, 0.4) is 0 Å². The van der Waals surface area contributed by atoms with Crippen LogP contribution in [0.5, 0.6) is 0 Å². The Labute approximate surface area is 200 Å². The highest BCUT2D eigenvalue weighted by Crippen LogP contribution is 2.39. The van der Waals surface area contributed by atoms with Gasteiger partial charge in [-0.25, -0.2) is 4.98 Å². The number of rotatable bonds is 3. The number of benzene rings is 1. The molecule has 0 unspecified atom stereocenters. The summed E-state index contributed by atoms with van der Waals surface area (Å²) in [6.07, 6.45) is 6.13. The minimum absolute atomic E-state index is 0.250. The summed E-state index contributed by atoms with van der Waals surface area (Å²) in [6, 6.07) is 5.96. The number of anilines is 1. The summed E-state index contributed by atoms with van der Waals surface area (Å²) in [5.41, 5.74) is 5.15. The van der Waals surface area contributed by atoms with Gasteiger partial charge in [0.2, 0.25) is 0 Å². The number of aryl methyl sites for hydroxylation is 2. The number of carbonyl (C=O) groups excluding carboxylic acids is 2. The molecule has 0 aliphatic carbocycles. The van der Waals surface area contributed by atoms with Crippen molar-refractivity contribution in [3.05, 3.63) is 50.2 Å². The van der Waals surface area contributed by atoms with E-state index in [1.807, 2.05) is 16.7 Å². The zero-order chi connectivity index (χ0) is 22.7. The molecule has 3 aromatic rings. The van der Waals surface area contributed by atoms with E-state index in [1.165, 1.54) is 35.9 Å². The van der Waals surface area contributed by atoms with Crippen LogP contribution in [0.4, 0.5) is 5.69 Å². The summed E-state index contributed by atoms with van der Waals surface area (Å²) >= 11 is 16.6. The summed E-state index contributed by atoms with van der Waals surface area (Å²) in [7, 11) is 0. The molecule has 5 nitrogen and oxygen atoms in total. The Morgan fingerprint density at radius 1 is 1.13 bits per heavy atom. The second kappa shape index (κ2) is 10.2. The molecule has 0 radical (unpaired) electrons. The van der Waals surface area contributed by atoms with Gasteiger partial charge in [-0.1, -0.05) is 52.5 Å². The van der Waals surface area contributed by atoms with Crippen molar-refractivity contribution in [2.24, 2.45) is 5.92 Å². The zero-order valence-corrected chi connectivity index (χ0v) is 20.8. The number of nitrogens with zero attached hydrogens (tertiary/aromatic N) is 3. The molecule has 0 atom stereocenters. The van der Waals surface area contributed by atoms with E-state index in [4.69, 9.17) is 37.8 Å². The van der Waals surface area contributed by atoms with Gasteiger partial charge in [-0.05, 0) is 56.4 Å². The molecule has 0 bridgehead atoms. The first kappa shape index (κ1) is 23.8. The zero-order valence-electron chi connectivity index (χ0n) is 17.7. The lowest BCUT2D eigenvalue weighted by atomic mass is 9.94. The van der Waals surface area contributed by atoms with E-state index < -0.39 is 0 Å². The maximum atomic E-state index is 8.12. The molecule has 8 heteroatoms. The van der Waals surface area contributed by atoms with Gasteiger partial charge in [0.15, 0.2) is 0 Å². The highest BCUT2D eigenvalue weighted by Gasteiger charge is 2.23. The molecule has 1 aromatic carbocycles. The SMILES string of the molecule is CCC1CCN(c2cc(C)nc3c2c(C)cn3-c2c(Cl)cc(Br)cc2Cl)CC1.O=C=O. The van der Waals surface area contributed by atoms with E-state index in [-0.39, 0.29) is 6.15 Å². The van der Waals surface area contributed by atoms with Crippen LogP contribution in [0.15, 0.2) is 28.9 Å². The fourth-order valence-electron chi connectivity index (χ4n) is 4.28. The molecule has 1 aliphatic rings. The van der Waals surface area contributed by atoms with Crippen molar-refractivity contribution < 1.29 is 9.59 Å². The van der Waals surface area contributed by atoms with Crippen LogP contribution in [0.1, 0.15) is 37.4 Å². The van der Waals surface area contributed by atoms with Crippen LogP contribution in [0, 0.1) is 19.8 Å². The van der Waals surface area contributed by atoms with Crippen molar-refractivity contribution in [1.82, 2.24) is 9.55 Å². The van der Waals surface area contributed by atoms with Crippen molar-refractivity contribution >= 4 is 62.0 Å². The standard InChI is InChI=1S/C22H24BrCl2N3.CO2/c1-4-15-5-7-27(8-6-15)19-9-14(3)26-22-20(19)13(2)12-28(22)21-17(24)10-16(23)11-18(21)25;2-1-3/h9-12,15H,4-8H2,1-3H3;. The largest absolute Gasteiger partial charge is 0.373 e. The Balaban J connectivity index is 0.000000858. The molecular weight excluding hydrogens is 501 g/mol. The molecule has 1 aliphatic heterocycles. The first-order chi connectivity index (χ1) is 14.8. The third-order valence-electron chi connectivity index (χ3n) is 5.81. The van der Waals surface area contributed by atoms with Crippen molar-refractivity contribution in [3.8, 4) is 5.69 Å². The minimum Gasteiger partial charge on any atom is -0.371 e. The smallest absolute Gasteiger partial charge is 0.371 e. The molecule has 0 amide bonds. The molecule has 0 N–H and O–H groups in total. The summed E-state index contributed by atoms with van der Waals surface area (Å²) < 4.78 is 2.90. The van der Waals surface area contributed by atoms with E-state index in [9.17, 15) is 0 Å². The van der Waals surface area contributed by atoms with E-state index in [0.717, 1.165) is 40.5 Å². The van der Waals surface area contributed by atoms with E-state index >= 15 is 0 Å². The Hall–Kier alpha value is -1.85. The van der Waals surface area contributed by atoms with E-state index in [2.05, 4.69) is 53.9 Å². The van der Waals surface area contributed by atoms with Gasteiger partial charge >= 0.3 is 6.15 Å². The van der Waals surface area contributed by atoms with Crippen LogP contribution in [0.25, 0.3) is 16.7 Å². The summed E-state index contributed by atoms with van der Waals surface area (Å²) in [4.78, 5) is 23.6. The quantitative estimate of drug-likeness (QED) is 0.380. The summed E-state index contributed by atoms with van der Waals surface area (Å²) in [5, 5.41) is 2.39. The number of pyridine rings is 1. The Kier molecular flexibility index (Phi) is 7.82. The second-order valence-corrected chi connectivity index (χ2v) is 9.53. The molecule has 0 spiro atoms. The number of hydrogen-bond donors (Lipinski definition) is 0. The molecular formula is C23H24BrCl2N3O2. The lowest BCUT2D eigenvalue weighted by Gasteiger charge is -2.34. The monoisotopic (exact) mass is 523 g/mol. The van der Waals surface area contributed by atoms with Gasteiger partial charge in [0.05, 0.1) is 15.7 Å². The fraction of sp³-hybridized carbons (Fsp3) is 0.391. The van der Waals surface area contributed by atoms with Crippen LogP contribution >= 0.6 is 39.1 Å². The van der Waals surface area contributed by atoms with Crippen molar-refractivity contribution in [2.45, 2.75) is 40.0 Å². The van der Waals surface area contributed by atoms with Crippen LogP contribution in [-0.2, 0) is 9.59 Å². The van der Waals surface area contributed by atoms with E-state index in [0.29, 0.717) is 10.0 Å². The molecule has 1 fully saturated rings. The normalized spacial score (nSPS) is 14.3. The lowest BCUT2D eigenvalue weighted by Crippen LogP contribution is -2.33. The average Bonchev–Trinajstić information content (AvgIpc) is 3.03. The maximum Gasteiger partial charge on any atom is 0.373 e. The van der Waals surface area contributed by atoms with Crippen LogP contribution in [0.2, 0.25) is 10.0 Å². The molecule has 4 rings (SSSR count). The predicted molar refractivity (Wildman–Crippen MR) is 128 cm³/mol. The molecule has 0 saturated carbocycles. The van der Waals surface area contributed by atoms with Gasteiger partial charge in [0.25, 0.3) is 0 Å². The molecule has 31 heavy (non-hydrogen) atoms. The van der Waals surface area contributed by atoms with Gasteiger partial charge in [0.1, 0.15) is 5.65 Å². The third-order valence-corrected chi connectivity index (χ3v) is 6.84. The number of halogens is 3. The number of aromatic nitrogens is 2. The predicted octanol–water partition coefficient (Wildman–Crippen LogP) is 6.75. The summed E-state index contributed by atoms with van der Waals surface area (Å²) in [6.45, 7) is 8.69. The first-order valence-electron chi connectivity index (χ1n) is 10.2. The third kappa shape index (κ3) is 4.98. The average molecular weight is 525 g/mol. The van der Waals surface area contributed by atoms with Crippen molar-refractivity contribution in [3.63, 3.8) is 0 Å². The number of piperidine rings is 1. The maximum absolute atomic E-state index is 8.12. The molecule has 1 saturated heterocycles. The molecule has 164 valence electrons. The van der Waals surface area contributed by atoms with Gasteiger partial charge in [-0.3, -0.25) is 4.57 Å². The van der Waals surface area contributed by atoms with Gasteiger partial charge < -0.3 is 4.90 Å². The highest BCUT2D eigenvalue weighted by molar-refractivity contribution is 9.10. The highest BCUT2D eigenvalue weighted by atomic mass is 79.9. The Morgan fingerprint density at radius 2 is 1.71 bits per heavy atom. The number of fused-ring (bicyclic) bond motifs is 1. The topological polar surface area (TPSA) is 55.2 Å². The van der Waals surface area contributed by atoms with Crippen molar-refractivity contribution in [2.75, 3.05) is 18.0 Å². The van der Waals surface area contributed by atoms with Crippen LogP contribution in [-0.4, -0.2) is 28.8 Å². The Bertz CT molecular complexity index is 1110. The lowest BCUT2D eigenvalue weighted by molar-refractivity contribution is -0.191. The van der Waals surface area contributed by atoms with Crippen LogP contribution < -0.4 is 4.90 Å². The van der Waals surface area contributed by atoms with Crippen molar-refractivity contribution in [1.29, 1.82) is 0 Å². The Morgan fingerprint density at radius 3 is 2.26 bits per heavy atom. The minimum atomic E-state index is 0.250. The number of hydrogen-bond acceptors (Lipinski definition) is 4. The fourth-order valence-corrected chi connectivity index (χ4v) is 5.67. The van der Waals surface area contributed by atoms with E-state index in [1.54, 1.807) is 0 Å². The molecule has 3 heterocycles. The molecule has 2 aromatic heterocycles. The second-order valence-electron chi connectivity index (χ2n) is 7.80.